The number of ether oxygens (including phenoxy) is 1. The molecule has 10 heteroatoms. The van der Waals surface area contributed by atoms with Gasteiger partial charge in [0.1, 0.15) is 12.3 Å². The molecule has 2 aliphatic rings. The normalized spacial score (nSPS) is 20.5. The molecule has 3 atom stereocenters. The van der Waals surface area contributed by atoms with Crippen LogP contribution in [0.15, 0.2) is 71.3 Å². The minimum Gasteiger partial charge on any atom is -0.457 e. The molecule has 3 aromatic rings. The molecule has 39 heavy (non-hydrogen) atoms. The number of carbonyl (C=O) groups excluding carboxylic acids is 5. The molecule has 1 aromatic heterocycles. The maximum Gasteiger partial charge on any atom is 0.379 e. The summed E-state index contributed by atoms with van der Waals surface area (Å²) in [5, 5.41) is 1.88. The van der Waals surface area contributed by atoms with Gasteiger partial charge in [0.2, 0.25) is 5.76 Å². The van der Waals surface area contributed by atoms with Crippen molar-refractivity contribution in [3.05, 3.63) is 88.8 Å². The molecule has 0 radical (unpaired) electrons. The van der Waals surface area contributed by atoms with E-state index in [0.29, 0.717) is 12.8 Å². The van der Waals surface area contributed by atoms with Crippen LogP contribution >= 0.6 is 11.6 Å². The number of nitrogens with zero attached hydrogens (tertiary/aromatic N) is 2. The van der Waals surface area contributed by atoms with Gasteiger partial charge in [-0.25, -0.2) is 9.80 Å². The van der Waals surface area contributed by atoms with E-state index in [1.807, 2.05) is 6.92 Å². The maximum atomic E-state index is 13.6. The Morgan fingerprint density at radius 1 is 0.974 bits per heavy atom. The van der Waals surface area contributed by atoms with Crippen molar-refractivity contribution in [1.29, 1.82) is 0 Å². The van der Waals surface area contributed by atoms with Crippen molar-refractivity contribution in [2.75, 3.05) is 6.54 Å². The van der Waals surface area contributed by atoms with Gasteiger partial charge < -0.3 is 9.15 Å². The first-order chi connectivity index (χ1) is 18.7. The van der Waals surface area contributed by atoms with Gasteiger partial charge in [-0.1, -0.05) is 30.7 Å². The lowest BCUT2D eigenvalue weighted by Crippen LogP contribution is -2.52. The van der Waals surface area contributed by atoms with Crippen LogP contribution in [0.5, 0.6) is 5.75 Å². The van der Waals surface area contributed by atoms with Gasteiger partial charge >= 0.3 is 5.97 Å². The van der Waals surface area contributed by atoms with E-state index in [2.05, 4.69) is 0 Å². The molecule has 0 N–H and O–H groups in total. The first-order valence-corrected chi connectivity index (χ1v) is 13.0. The topological polar surface area (TPSA) is 114 Å². The van der Waals surface area contributed by atoms with Gasteiger partial charge in [0.25, 0.3) is 17.7 Å². The Morgan fingerprint density at radius 3 is 2.38 bits per heavy atom. The van der Waals surface area contributed by atoms with Crippen molar-refractivity contribution in [3.8, 4) is 5.75 Å². The number of halogens is 1. The molecule has 3 amide bonds. The lowest BCUT2D eigenvalue weighted by Gasteiger charge is -2.30. The summed E-state index contributed by atoms with van der Waals surface area (Å²) in [4.78, 5) is 65.9. The maximum absolute atomic E-state index is 13.6. The van der Waals surface area contributed by atoms with Crippen LogP contribution in [-0.2, 0) is 9.59 Å². The highest BCUT2D eigenvalue weighted by atomic mass is 35.5. The molecule has 1 saturated heterocycles. The Morgan fingerprint density at radius 2 is 1.69 bits per heavy atom. The lowest BCUT2D eigenvalue weighted by molar-refractivity contribution is -0.154. The minimum absolute atomic E-state index is 0.0267. The monoisotopic (exact) mass is 548 g/mol. The van der Waals surface area contributed by atoms with Gasteiger partial charge in [-0.2, -0.15) is 5.01 Å². The molecule has 9 nitrogen and oxygen atoms in total. The number of hydrogen-bond donors (Lipinski definition) is 0. The number of rotatable bonds is 7. The van der Waals surface area contributed by atoms with Gasteiger partial charge in [-0.05, 0) is 73.7 Å². The zero-order valence-corrected chi connectivity index (χ0v) is 21.8. The molecule has 1 aliphatic heterocycles. The van der Waals surface area contributed by atoms with Crippen LogP contribution in [0.2, 0.25) is 5.02 Å². The standard InChI is InChI=1S/C29H25ClN2O7/c1-17-8-13-20-22(15-17)28(36)32(27(20)35)31(26(34)21-5-2-3-6-23(21)30)16-24(33)18-9-11-19(12-10-18)39-29(37)25-7-4-14-38-25/h2-7,9-12,14,17,20,22H,8,13,15-16H2,1H3/t17-,20-,22-/m1/s1. The molecule has 5 rings (SSSR count). The number of esters is 1. The van der Waals surface area contributed by atoms with Crippen molar-refractivity contribution in [3.63, 3.8) is 0 Å². The highest BCUT2D eigenvalue weighted by Crippen LogP contribution is 2.41. The molecule has 2 aromatic carbocycles. The third-order valence-corrected chi connectivity index (χ3v) is 7.48. The lowest BCUT2D eigenvalue weighted by atomic mass is 9.76. The highest BCUT2D eigenvalue weighted by Gasteiger charge is 2.53. The summed E-state index contributed by atoms with van der Waals surface area (Å²) in [6.45, 7) is 1.46. The van der Waals surface area contributed by atoms with Crippen LogP contribution in [0, 0.1) is 17.8 Å². The van der Waals surface area contributed by atoms with E-state index < -0.39 is 47.9 Å². The van der Waals surface area contributed by atoms with Gasteiger partial charge in [-0.15, -0.1) is 0 Å². The number of hydrazine groups is 1. The second kappa shape index (κ2) is 10.9. The Kier molecular flexibility index (Phi) is 7.34. The van der Waals surface area contributed by atoms with E-state index in [4.69, 9.17) is 20.8 Å². The highest BCUT2D eigenvalue weighted by molar-refractivity contribution is 6.34. The molecule has 0 bridgehead atoms. The first kappa shape index (κ1) is 26.4. The molecule has 2 heterocycles. The molecule has 2 fully saturated rings. The number of imide groups is 1. The van der Waals surface area contributed by atoms with Crippen molar-refractivity contribution in [1.82, 2.24) is 10.0 Å². The zero-order chi connectivity index (χ0) is 27.7. The van der Waals surface area contributed by atoms with Gasteiger partial charge in [-0.3, -0.25) is 19.2 Å². The number of furan rings is 1. The summed E-state index contributed by atoms with van der Waals surface area (Å²) < 4.78 is 10.2. The van der Waals surface area contributed by atoms with Crippen molar-refractivity contribution in [2.45, 2.75) is 26.2 Å². The summed E-state index contributed by atoms with van der Waals surface area (Å²) in [7, 11) is 0. The van der Waals surface area contributed by atoms with E-state index in [1.165, 1.54) is 48.7 Å². The van der Waals surface area contributed by atoms with Crippen molar-refractivity contribution < 1.29 is 33.1 Å². The van der Waals surface area contributed by atoms with E-state index >= 15 is 0 Å². The number of amides is 3. The molecule has 0 spiro atoms. The van der Waals surface area contributed by atoms with Crippen molar-refractivity contribution in [2.24, 2.45) is 17.8 Å². The summed E-state index contributed by atoms with van der Waals surface area (Å²) in [5.41, 5.74) is 0.255. The van der Waals surface area contributed by atoms with Crippen LogP contribution in [0.1, 0.15) is 57.5 Å². The number of benzene rings is 2. The summed E-state index contributed by atoms with van der Waals surface area (Å²) in [6, 6.07) is 15.0. The smallest absolute Gasteiger partial charge is 0.379 e. The van der Waals surface area contributed by atoms with E-state index in [-0.39, 0.29) is 33.6 Å². The Hall–Kier alpha value is -4.24. The third kappa shape index (κ3) is 5.22. The fourth-order valence-corrected chi connectivity index (χ4v) is 5.32. The Balaban J connectivity index is 1.40. The molecular formula is C29H25ClN2O7. The predicted octanol–water partition coefficient (Wildman–Crippen LogP) is 4.81. The Bertz CT molecular complexity index is 1430. The summed E-state index contributed by atoms with van der Waals surface area (Å²) in [6.07, 6.45) is 3.25. The van der Waals surface area contributed by atoms with Crippen LogP contribution in [-0.4, -0.2) is 46.0 Å². The molecule has 200 valence electrons. The number of carbonyl (C=O) groups is 5. The second-order valence-corrected chi connectivity index (χ2v) is 10.2. The number of fused-ring (bicyclic) bond motifs is 1. The average Bonchev–Trinajstić information content (AvgIpc) is 3.55. The van der Waals surface area contributed by atoms with Crippen LogP contribution in [0.3, 0.4) is 0 Å². The number of ketones is 1. The van der Waals surface area contributed by atoms with Crippen molar-refractivity contribution >= 4 is 41.1 Å². The first-order valence-electron chi connectivity index (χ1n) is 12.6. The molecule has 1 aliphatic carbocycles. The van der Waals surface area contributed by atoms with Gasteiger partial charge in [0.05, 0.1) is 28.7 Å². The van der Waals surface area contributed by atoms with Gasteiger partial charge in [0.15, 0.2) is 5.78 Å². The fourth-order valence-electron chi connectivity index (χ4n) is 5.11. The van der Waals surface area contributed by atoms with E-state index in [1.54, 1.807) is 18.2 Å². The Labute approximate surface area is 229 Å². The molecule has 1 saturated carbocycles. The van der Waals surface area contributed by atoms with Gasteiger partial charge in [0, 0.05) is 5.56 Å². The predicted molar refractivity (Wildman–Crippen MR) is 139 cm³/mol. The third-order valence-electron chi connectivity index (χ3n) is 7.15. The van der Waals surface area contributed by atoms with E-state index in [9.17, 15) is 24.0 Å². The quantitative estimate of drug-likeness (QED) is 0.180. The average molecular weight is 549 g/mol. The van der Waals surface area contributed by atoms with Crippen LogP contribution in [0.4, 0.5) is 0 Å². The van der Waals surface area contributed by atoms with Crippen LogP contribution < -0.4 is 4.74 Å². The minimum atomic E-state index is -0.730. The van der Waals surface area contributed by atoms with Crippen LogP contribution in [0.25, 0.3) is 0 Å². The largest absolute Gasteiger partial charge is 0.457 e. The number of Topliss-reactive ketones (excluding diaryl/α,β-unsaturated/α-hetero) is 1. The number of hydrogen-bond acceptors (Lipinski definition) is 7. The fraction of sp³-hybridized carbons (Fsp3) is 0.276. The molecular weight excluding hydrogens is 524 g/mol. The SMILES string of the molecule is C[C@@H]1CC[C@H]2C(=O)N(N(CC(=O)c3ccc(OC(=O)c4ccco4)cc3)C(=O)c3ccccc3Cl)C(=O)[C@@H]2C1. The summed E-state index contributed by atoms with van der Waals surface area (Å²) in [5.74, 6) is -3.48. The molecule has 0 unspecified atom stereocenters. The summed E-state index contributed by atoms with van der Waals surface area (Å²) >= 11 is 6.26. The van der Waals surface area contributed by atoms with E-state index in [0.717, 1.165) is 16.4 Å². The second-order valence-electron chi connectivity index (χ2n) is 9.78. The zero-order valence-electron chi connectivity index (χ0n) is 21.0.